The van der Waals surface area contributed by atoms with Crippen molar-refractivity contribution in [3.8, 4) is 34.2 Å². The monoisotopic (exact) mass is 959 g/mol. The second-order valence-corrected chi connectivity index (χ2v) is 20.5. The molecular weight excluding hydrogens is 889 g/mol. The van der Waals surface area contributed by atoms with E-state index in [2.05, 4.69) is 71.1 Å². The number of aliphatic hydroxyl groups is 1. The lowest BCUT2D eigenvalue weighted by Crippen LogP contribution is -2.63. The molecule has 5 heterocycles. The molecule has 5 atom stereocenters. The number of aryl methyl sites for hydroxylation is 1. The Kier molecular flexibility index (Phi) is 15.9. The van der Waals surface area contributed by atoms with Crippen LogP contribution in [0.5, 0.6) is 0 Å². The largest absolute Gasteiger partial charge is 0.464 e. The number of likely N-dealkylation sites (tertiary alicyclic amines) is 1. The number of carbonyl (C=O) groups excluding carboxylic acids is 5. The van der Waals surface area contributed by atoms with Crippen LogP contribution in [0.3, 0.4) is 0 Å². The molecule has 4 aromatic rings. The lowest BCUT2D eigenvalue weighted by atomic mass is 9.84. The summed E-state index contributed by atoms with van der Waals surface area (Å²) in [4.78, 5) is 79.4. The molecule has 0 unspecified atom stereocenters. The minimum absolute atomic E-state index is 0.0260. The van der Waals surface area contributed by atoms with Crippen LogP contribution >= 0.6 is 0 Å². The molecule has 0 aliphatic carbocycles. The van der Waals surface area contributed by atoms with E-state index in [0.717, 1.165) is 50.0 Å². The van der Waals surface area contributed by atoms with Gasteiger partial charge in [-0.3, -0.25) is 38.9 Å². The van der Waals surface area contributed by atoms with Crippen LogP contribution in [0.1, 0.15) is 83.6 Å². The highest BCUT2D eigenvalue weighted by atomic mass is 16.5. The summed E-state index contributed by atoms with van der Waals surface area (Å²) < 4.78 is 14.3. The number of aromatic nitrogens is 2. The molecule has 2 aromatic heterocycles. The first-order chi connectivity index (χ1) is 33.2. The predicted octanol–water partition coefficient (Wildman–Crippen LogP) is 4.76. The van der Waals surface area contributed by atoms with Gasteiger partial charge in [0.2, 0.25) is 5.91 Å². The van der Waals surface area contributed by atoms with Gasteiger partial charge in [-0.2, -0.15) is 0 Å². The second kappa shape index (κ2) is 21.5. The Morgan fingerprint density at radius 3 is 2.53 bits per heavy atom. The van der Waals surface area contributed by atoms with Gasteiger partial charge in [0.05, 0.1) is 31.5 Å². The summed E-state index contributed by atoms with van der Waals surface area (Å²) in [6, 6.07) is 13.3. The molecule has 16 heteroatoms. The van der Waals surface area contributed by atoms with Crippen LogP contribution in [0, 0.1) is 23.2 Å². The first kappa shape index (κ1) is 51.7. The van der Waals surface area contributed by atoms with Gasteiger partial charge in [-0.1, -0.05) is 63.9 Å². The summed E-state index contributed by atoms with van der Waals surface area (Å²) in [6.45, 7) is 13.2. The van der Waals surface area contributed by atoms with E-state index in [-0.39, 0.29) is 45.2 Å². The lowest BCUT2D eigenvalue weighted by molar-refractivity contribution is -0.156. The van der Waals surface area contributed by atoms with Gasteiger partial charge >= 0.3 is 5.97 Å². The second-order valence-electron chi connectivity index (χ2n) is 20.5. The number of hydrazine groups is 1. The number of cyclic esters (lactones) is 1. The normalized spacial score (nSPS) is 21.4. The number of pyridine rings is 1. The van der Waals surface area contributed by atoms with E-state index in [9.17, 15) is 29.1 Å². The van der Waals surface area contributed by atoms with Crippen LogP contribution in [0.25, 0.3) is 33.3 Å². The van der Waals surface area contributed by atoms with Crippen LogP contribution in [0.15, 0.2) is 60.9 Å². The minimum Gasteiger partial charge on any atom is -0.464 e. The number of β-amino-alcohol motifs (C(OH)–C–C–N with tert-alkyl or cyclic N) is 1. The van der Waals surface area contributed by atoms with Gasteiger partial charge in [0.15, 0.2) is 5.60 Å². The topological polar surface area (TPSA) is 179 Å². The third-order valence-corrected chi connectivity index (χ3v) is 13.9. The van der Waals surface area contributed by atoms with Crippen molar-refractivity contribution in [1.29, 1.82) is 0 Å². The van der Waals surface area contributed by atoms with Crippen molar-refractivity contribution in [3.63, 3.8) is 0 Å². The molecule has 4 amide bonds. The molecule has 2 saturated heterocycles. The number of hydrogen-bond acceptors (Lipinski definition) is 11. The predicted molar refractivity (Wildman–Crippen MR) is 268 cm³/mol. The van der Waals surface area contributed by atoms with Crippen molar-refractivity contribution in [1.82, 2.24) is 40.0 Å². The first-order valence-electron chi connectivity index (χ1n) is 24.4. The van der Waals surface area contributed by atoms with E-state index >= 15 is 0 Å². The highest BCUT2D eigenvalue weighted by Gasteiger charge is 2.48. The minimum atomic E-state index is -1.94. The quantitative estimate of drug-likeness (QED) is 0.148. The number of likely N-dealkylation sites (N-methyl/N-ethyl adjacent to an activating group) is 1. The Morgan fingerprint density at radius 1 is 1.06 bits per heavy atom. The van der Waals surface area contributed by atoms with Crippen molar-refractivity contribution in [3.05, 3.63) is 77.6 Å². The molecule has 2 aromatic carbocycles. The van der Waals surface area contributed by atoms with E-state index in [1.54, 1.807) is 27.2 Å². The molecule has 3 aliphatic rings. The van der Waals surface area contributed by atoms with Crippen LogP contribution < -0.4 is 10.7 Å². The van der Waals surface area contributed by atoms with Crippen LogP contribution in [-0.4, -0.2) is 149 Å². The average Bonchev–Trinajstić information content (AvgIpc) is 3.89. The SMILES string of the molecule is CCn1c(-c2cnccc2[C@H](C)OC)c2c3cc(ccc31)-c1cccc(c1)C[C@H](NC(=O)[C@H](C(C)C)N(C)C(=O)[C@@]1(O)CCN(C(=O)C#CCN(C)C)C1)C(=O)N1CCC[C@H](N1)C(=O)OCC(C)(C)C2. The molecule has 0 radical (unpaired) electrons. The van der Waals surface area contributed by atoms with Crippen molar-refractivity contribution < 1.29 is 38.6 Å². The zero-order chi connectivity index (χ0) is 50.7. The summed E-state index contributed by atoms with van der Waals surface area (Å²) in [6.07, 6.45) is 5.08. The Bertz CT molecular complexity index is 2680. The fourth-order valence-electron chi connectivity index (χ4n) is 10.1. The van der Waals surface area contributed by atoms with Crippen LogP contribution in [-0.2, 0) is 52.8 Å². The number of ether oxygens (including phenoxy) is 2. The number of hydrogen-bond donors (Lipinski definition) is 3. The fourth-order valence-corrected chi connectivity index (χ4v) is 10.1. The van der Waals surface area contributed by atoms with Crippen molar-refractivity contribution >= 4 is 40.5 Å². The highest BCUT2D eigenvalue weighted by Crippen LogP contribution is 2.42. The Balaban J connectivity index is 1.25. The lowest BCUT2D eigenvalue weighted by Gasteiger charge is -2.37. The summed E-state index contributed by atoms with van der Waals surface area (Å²) in [5.41, 5.74) is 8.48. The molecule has 16 nitrogen and oxygen atoms in total. The molecular formula is C54H70N8O8. The van der Waals surface area contributed by atoms with Gasteiger partial charge in [0.25, 0.3) is 17.7 Å². The molecule has 6 bridgehead atoms. The smallest absolute Gasteiger partial charge is 0.324 e. The van der Waals surface area contributed by atoms with Gasteiger partial charge < -0.3 is 34.3 Å². The Labute approximate surface area is 412 Å². The van der Waals surface area contributed by atoms with Gasteiger partial charge in [0, 0.05) is 80.9 Å². The Morgan fingerprint density at radius 2 is 1.81 bits per heavy atom. The number of nitrogens with one attached hydrogen (secondary N) is 2. The number of rotatable bonds is 10. The number of carbonyl (C=O) groups is 5. The van der Waals surface area contributed by atoms with Gasteiger partial charge in [-0.25, -0.2) is 5.43 Å². The van der Waals surface area contributed by atoms with E-state index in [4.69, 9.17) is 9.47 Å². The van der Waals surface area contributed by atoms with E-state index in [0.29, 0.717) is 32.4 Å². The van der Waals surface area contributed by atoms with Crippen molar-refractivity contribution in [2.45, 2.75) is 110 Å². The summed E-state index contributed by atoms with van der Waals surface area (Å²) in [5.74, 6) is 2.21. The summed E-state index contributed by atoms with van der Waals surface area (Å²) in [7, 11) is 6.83. The van der Waals surface area contributed by atoms with Gasteiger partial charge in [-0.15, -0.1) is 0 Å². The number of benzene rings is 2. The molecule has 2 fully saturated rings. The molecule has 0 spiro atoms. The molecule has 70 heavy (non-hydrogen) atoms. The molecule has 374 valence electrons. The maximum absolute atomic E-state index is 14.8. The standard InChI is InChI=1S/C54H70N8O8/c1-11-61-45-20-19-38-29-40(45)41(48(61)42-31-55-23-21-39(42)35(4)69-10)30-53(5,6)33-70-51(66)43-17-13-25-62(57-43)50(65)44(28-36-15-12-16-37(38)27-36)56-49(64)47(34(2)3)59(9)52(67)54(68)22-26-60(32-54)46(63)18-14-24-58(7)8/h12,15-16,19-21,23,27,29,31,34-35,43-44,47,57,68H,11,13,17,22,24-26,28,30,32-33H2,1-10H3,(H,56,64)/t35-,43-,44-,47-,54+/m0/s1. The third-order valence-electron chi connectivity index (χ3n) is 13.9. The van der Waals surface area contributed by atoms with E-state index in [1.165, 1.54) is 21.9 Å². The van der Waals surface area contributed by atoms with Crippen LogP contribution in [0.4, 0.5) is 0 Å². The third kappa shape index (κ3) is 11.1. The zero-order valence-electron chi connectivity index (χ0n) is 42.4. The van der Waals surface area contributed by atoms with Gasteiger partial charge in [0.1, 0.15) is 18.1 Å². The zero-order valence-corrected chi connectivity index (χ0v) is 42.4. The highest BCUT2D eigenvalue weighted by molar-refractivity contribution is 5.98. The number of esters is 1. The molecule has 3 aliphatic heterocycles. The molecule has 7 rings (SSSR count). The first-order valence-corrected chi connectivity index (χ1v) is 24.4. The van der Waals surface area contributed by atoms with Gasteiger partial charge in [-0.05, 0) is 105 Å². The van der Waals surface area contributed by atoms with Crippen LogP contribution in [0.2, 0.25) is 0 Å². The molecule has 3 N–H and O–H groups in total. The van der Waals surface area contributed by atoms with E-state index < -0.39 is 64.7 Å². The summed E-state index contributed by atoms with van der Waals surface area (Å²) >= 11 is 0. The Hall–Kier alpha value is -6.12. The maximum Gasteiger partial charge on any atom is 0.324 e. The number of nitrogens with zero attached hydrogens (tertiary/aromatic N) is 6. The number of methoxy groups -OCH3 is 1. The maximum atomic E-state index is 14.8. The summed E-state index contributed by atoms with van der Waals surface area (Å²) in [5, 5.41) is 17.1. The van der Waals surface area contributed by atoms with Crippen molar-refractivity contribution in [2.24, 2.45) is 11.3 Å². The number of fused-ring (bicyclic) bond motifs is 6. The van der Waals surface area contributed by atoms with Crippen molar-refractivity contribution in [2.75, 3.05) is 61.0 Å². The average molecular weight is 959 g/mol. The number of amides is 4. The fraction of sp³-hybridized carbons (Fsp3) is 0.519. The molecule has 0 saturated carbocycles. The van der Waals surface area contributed by atoms with E-state index in [1.807, 2.05) is 62.4 Å².